The van der Waals surface area contributed by atoms with Crippen molar-refractivity contribution >= 4 is 11.3 Å². The molecule has 2 aromatic heterocycles. The van der Waals surface area contributed by atoms with E-state index in [1.165, 1.54) is 19.3 Å². The highest BCUT2D eigenvalue weighted by molar-refractivity contribution is 7.10. The predicted molar refractivity (Wildman–Crippen MR) is 91.2 cm³/mol. The lowest BCUT2D eigenvalue weighted by Crippen LogP contribution is -2.35. The lowest BCUT2D eigenvalue weighted by molar-refractivity contribution is 0.0945. The molecule has 2 atom stereocenters. The number of rotatable bonds is 6. The molecule has 0 amide bonds. The van der Waals surface area contributed by atoms with Crippen molar-refractivity contribution in [2.24, 2.45) is 0 Å². The zero-order valence-corrected chi connectivity index (χ0v) is 14.2. The van der Waals surface area contributed by atoms with Gasteiger partial charge in [0.1, 0.15) is 18.1 Å². The Morgan fingerprint density at radius 3 is 2.83 bits per heavy atom. The van der Waals surface area contributed by atoms with Gasteiger partial charge in [0.25, 0.3) is 0 Å². The second-order valence-corrected chi connectivity index (χ2v) is 7.25. The van der Waals surface area contributed by atoms with E-state index in [-0.39, 0.29) is 12.7 Å². The van der Waals surface area contributed by atoms with E-state index < -0.39 is 0 Å². The number of thiophene rings is 1. The van der Waals surface area contributed by atoms with E-state index in [1.807, 2.05) is 29.6 Å². The van der Waals surface area contributed by atoms with E-state index in [4.69, 9.17) is 9.52 Å². The molecule has 3 rings (SSSR count). The van der Waals surface area contributed by atoms with Gasteiger partial charge in [-0.15, -0.1) is 11.3 Å². The van der Waals surface area contributed by atoms with Crippen LogP contribution >= 0.6 is 11.3 Å². The Kier molecular flexibility index (Phi) is 5.89. The van der Waals surface area contributed by atoms with Crippen LogP contribution in [0.2, 0.25) is 0 Å². The van der Waals surface area contributed by atoms with E-state index >= 15 is 0 Å². The fourth-order valence-corrected chi connectivity index (χ4v) is 4.08. The van der Waals surface area contributed by atoms with Gasteiger partial charge >= 0.3 is 0 Å². The van der Waals surface area contributed by atoms with Crippen LogP contribution in [-0.2, 0) is 13.2 Å². The third kappa shape index (κ3) is 4.44. The first-order valence-electron chi connectivity index (χ1n) is 8.40. The van der Waals surface area contributed by atoms with Gasteiger partial charge in [-0.3, -0.25) is 4.90 Å². The van der Waals surface area contributed by atoms with Crippen molar-refractivity contribution in [2.75, 3.05) is 6.54 Å². The van der Waals surface area contributed by atoms with Gasteiger partial charge in [0.05, 0.1) is 12.6 Å². The molecule has 126 valence electrons. The molecular weight excluding hydrogens is 310 g/mol. The van der Waals surface area contributed by atoms with E-state index in [1.54, 1.807) is 11.3 Å². The maximum atomic E-state index is 10.5. The lowest BCUT2D eigenvalue weighted by Gasteiger charge is -2.30. The molecule has 5 heteroatoms. The van der Waals surface area contributed by atoms with E-state index in [0.717, 1.165) is 36.6 Å². The van der Waals surface area contributed by atoms with Crippen LogP contribution in [0.15, 0.2) is 34.1 Å². The van der Waals surface area contributed by atoms with E-state index in [0.29, 0.717) is 11.8 Å². The van der Waals surface area contributed by atoms with Crippen molar-refractivity contribution in [3.63, 3.8) is 0 Å². The fraction of sp³-hybridized carbons (Fsp3) is 0.556. The number of aliphatic hydroxyl groups excluding tert-OH is 2. The van der Waals surface area contributed by atoms with Crippen LogP contribution in [0.1, 0.15) is 54.6 Å². The Morgan fingerprint density at radius 1 is 1.22 bits per heavy atom. The van der Waals surface area contributed by atoms with Crippen molar-refractivity contribution in [1.82, 2.24) is 4.90 Å². The van der Waals surface area contributed by atoms with Gasteiger partial charge in [-0.25, -0.2) is 0 Å². The lowest BCUT2D eigenvalue weighted by atomic mass is 10.0. The van der Waals surface area contributed by atoms with Gasteiger partial charge in [0.2, 0.25) is 0 Å². The van der Waals surface area contributed by atoms with Crippen LogP contribution in [0.3, 0.4) is 0 Å². The van der Waals surface area contributed by atoms with E-state index in [2.05, 4.69) is 4.90 Å². The highest BCUT2D eigenvalue weighted by atomic mass is 32.1. The number of nitrogens with zero attached hydrogens (tertiary/aromatic N) is 1. The molecule has 0 aliphatic carbocycles. The van der Waals surface area contributed by atoms with Crippen LogP contribution in [0, 0.1) is 0 Å². The third-order valence-electron chi connectivity index (χ3n) is 4.60. The minimum absolute atomic E-state index is 0.0550. The summed E-state index contributed by atoms with van der Waals surface area (Å²) < 4.78 is 5.65. The maximum Gasteiger partial charge on any atom is 0.129 e. The highest BCUT2D eigenvalue weighted by Crippen LogP contribution is 2.29. The average Bonchev–Trinajstić information content (AvgIpc) is 3.19. The molecule has 0 radical (unpaired) electrons. The van der Waals surface area contributed by atoms with Gasteiger partial charge in [-0.05, 0) is 49.4 Å². The zero-order chi connectivity index (χ0) is 16.1. The largest absolute Gasteiger partial charge is 0.462 e. The molecule has 0 spiro atoms. The third-order valence-corrected chi connectivity index (χ3v) is 5.57. The Hall–Kier alpha value is -1.14. The second-order valence-electron chi connectivity index (χ2n) is 6.27. The van der Waals surface area contributed by atoms with Crippen molar-refractivity contribution < 1.29 is 14.6 Å². The number of hydrogen-bond acceptors (Lipinski definition) is 5. The predicted octanol–water partition coefficient (Wildman–Crippen LogP) is 3.70. The summed E-state index contributed by atoms with van der Waals surface area (Å²) in [5, 5.41) is 21.7. The van der Waals surface area contributed by atoms with Gasteiger partial charge in [-0.1, -0.05) is 18.9 Å². The summed E-state index contributed by atoms with van der Waals surface area (Å²) in [4.78, 5) is 3.49. The summed E-state index contributed by atoms with van der Waals surface area (Å²) in [6, 6.07) is 8.16. The smallest absolute Gasteiger partial charge is 0.129 e. The van der Waals surface area contributed by atoms with Gasteiger partial charge < -0.3 is 14.6 Å². The van der Waals surface area contributed by atoms with Gasteiger partial charge in [0.15, 0.2) is 0 Å². The first-order valence-corrected chi connectivity index (χ1v) is 9.28. The summed E-state index contributed by atoms with van der Waals surface area (Å²) in [5.74, 6) is 1.51. The number of likely N-dealkylation sites (tertiary alicyclic amines) is 1. The normalized spacial score (nSPS) is 21.2. The monoisotopic (exact) mass is 335 g/mol. The molecule has 0 bridgehead atoms. The molecule has 1 saturated heterocycles. The van der Waals surface area contributed by atoms with Crippen LogP contribution in [-0.4, -0.2) is 27.7 Å². The summed E-state index contributed by atoms with van der Waals surface area (Å²) >= 11 is 1.62. The minimum atomic E-state index is -0.384. The quantitative estimate of drug-likeness (QED) is 0.845. The van der Waals surface area contributed by atoms with Crippen LogP contribution in [0.4, 0.5) is 0 Å². The van der Waals surface area contributed by atoms with Gasteiger partial charge in [0, 0.05) is 10.9 Å². The number of furan rings is 1. The molecule has 1 aliphatic heterocycles. The highest BCUT2D eigenvalue weighted by Gasteiger charge is 2.25. The van der Waals surface area contributed by atoms with Crippen molar-refractivity contribution in [3.05, 3.63) is 46.0 Å². The molecule has 2 aromatic rings. The molecule has 1 aliphatic rings. The summed E-state index contributed by atoms with van der Waals surface area (Å²) in [6.07, 6.45) is 5.18. The maximum absolute atomic E-state index is 10.5. The van der Waals surface area contributed by atoms with Crippen LogP contribution in [0.5, 0.6) is 0 Å². The molecule has 23 heavy (non-hydrogen) atoms. The topological polar surface area (TPSA) is 56.8 Å². The second kappa shape index (κ2) is 8.11. The zero-order valence-electron chi connectivity index (χ0n) is 13.4. The Balaban J connectivity index is 1.66. The number of hydrogen-bond donors (Lipinski definition) is 2. The molecule has 1 fully saturated rings. The van der Waals surface area contributed by atoms with Crippen molar-refractivity contribution in [3.8, 4) is 0 Å². The summed E-state index contributed by atoms with van der Waals surface area (Å²) in [7, 11) is 0. The van der Waals surface area contributed by atoms with Gasteiger partial charge in [-0.2, -0.15) is 0 Å². The SMILES string of the molecule is OCc1ccc(CN2CCCCC[C@@H]2C[C@H](O)c2cccs2)o1. The van der Waals surface area contributed by atoms with Crippen LogP contribution in [0.25, 0.3) is 0 Å². The van der Waals surface area contributed by atoms with E-state index in [9.17, 15) is 5.11 Å². The average molecular weight is 335 g/mol. The first kappa shape index (κ1) is 16.7. The molecule has 3 heterocycles. The molecule has 4 nitrogen and oxygen atoms in total. The van der Waals surface area contributed by atoms with Crippen LogP contribution < -0.4 is 0 Å². The molecular formula is C18H25NO3S. The summed E-state index contributed by atoms with van der Waals surface area (Å²) in [5.41, 5.74) is 0. The first-order chi connectivity index (χ1) is 11.3. The van der Waals surface area contributed by atoms with Crippen molar-refractivity contribution in [1.29, 1.82) is 0 Å². The number of aliphatic hydroxyl groups is 2. The van der Waals surface area contributed by atoms with Crippen molar-refractivity contribution in [2.45, 2.75) is 57.4 Å². The Morgan fingerprint density at radius 2 is 2.09 bits per heavy atom. The summed E-state index contributed by atoms with van der Waals surface area (Å²) in [6.45, 7) is 1.74. The standard InChI is InChI=1S/C18H25NO3S/c20-13-16-8-7-15(22-16)12-19-9-3-1-2-5-14(19)11-17(21)18-6-4-10-23-18/h4,6-8,10,14,17,20-21H,1-3,5,9,11-13H2/t14-,17+/m1/s1. The Bertz CT molecular complexity index is 581. The minimum Gasteiger partial charge on any atom is -0.462 e. The molecule has 0 saturated carbocycles. The molecule has 0 aromatic carbocycles. The Labute approximate surface area is 141 Å². The molecule has 2 N–H and O–H groups in total. The fourth-order valence-electron chi connectivity index (χ4n) is 3.36. The molecule has 0 unspecified atom stereocenters.